The minimum absolute atomic E-state index is 0.341. The number of allylic oxidation sites excluding steroid dienone is 6. The quantitative estimate of drug-likeness (QED) is 0.446. The van der Waals surface area contributed by atoms with Gasteiger partial charge in [0.15, 0.2) is 6.71 Å². The average molecular weight is 230 g/mol. The summed E-state index contributed by atoms with van der Waals surface area (Å²) in [5.74, 6) is 0.527. The van der Waals surface area contributed by atoms with E-state index in [2.05, 4.69) is 67.6 Å². The summed E-state index contributed by atoms with van der Waals surface area (Å²) in [5.41, 5.74) is 6.43. The number of rotatable bonds is 5. The van der Waals surface area contributed by atoms with Crippen LogP contribution in [0.4, 0.5) is 0 Å². The summed E-state index contributed by atoms with van der Waals surface area (Å²) in [6, 6.07) is 0. The normalized spacial score (nSPS) is 11.4. The van der Waals surface area contributed by atoms with Crippen LogP contribution >= 0.6 is 0 Å². The zero-order chi connectivity index (χ0) is 13.7. The molecule has 0 aliphatic rings. The largest absolute Gasteiger partial charge is 0.200 e. The first-order chi connectivity index (χ1) is 7.73. The second kappa shape index (κ2) is 6.69. The molecule has 0 spiro atoms. The highest BCUT2D eigenvalue weighted by atomic mass is 14.1. The molecule has 0 saturated heterocycles. The second-order valence-electron chi connectivity index (χ2n) is 5.37. The summed E-state index contributed by atoms with van der Waals surface area (Å²) in [5, 5.41) is 0. The third-order valence-corrected chi connectivity index (χ3v) is 3.30. The molecule has 0 aliphatic carbocycles. The fourth-order valence-corrected chi connectivity index (χ4v) is 2.08. The van der Waals surface area contributed by atoms with Crippen molar-refractivity contribution in [1.29, 1.82) is 0 Å². The molecule has 0 aromatic heterocycles. The van der Waals surface area contributed by atoms with Gasteiger partial charge in [-0.2, -0.15) is 0 Å². The van der Waals surface area contributed by atoms with E-state index >= 15 is 0 Å². The molecule has 0 saturated carbocycles. The van der Waals surface area contributed by atoms with Gasteiger partial charge in [0, 0.05) is 0 Å². The van der Waals surface area contributed by atoms with Gasteiger partial charge in [0.2, 0.25) is 0 Å². The second-order valence-corrected chi connectivity index (χ2v) is 5.37. The van der Waals surface area contributed by atoms with E-state index in [0.717, 1.165) is 0 Å². The van der Waals surface area contributed by atoms with Crippen LogP contribution < -0.4 is 0 Å². The van der Waals surface area contributed by atoms with Crippen LogP contribution in [0.2, 0.25) is 6.82 Å². The summed E-state index contributed by atoms with van der Waals surface area (Å²) in [7, 11) is 0. The summed E-state index contributed by atoms with van der Waals surface area (Å²) in [4.78, 5) is 0. The van der Waals surface area contributed by atoms with Crippen molar-refractivity contribution < 1.29 is 0 Å². The molecule has 1 heteroatoms. The molecule has 0 amide bonds. The van der Waals surface area contributed by atoms with Crippen LogP contribution in [0.5, 0.6) is 0 Å². The Labute approximate surface area is 108 Å². The van der Waals surface area contributed by atoms with Gasteiger partial charge in [0.25, 0.3) is 0 Å². The lowest BCUT2D eigenvalue weighted by atomic mass is 9.40. The lowest BCUT2D eigenvalue weighted by molar-refractivity contribution is 0.777. The first-order valence-electron chi connectivity index (χ1n) is 6.42. The van der Waals surface area contributed by atoms with Crippen LogP contribution in [0.3, 0.4) is 0 Å². The Kier molecular flexibility index (Phi) is 6.30. The molecule has 0 radical (unpaired) electrons. The van der Waals surface area contributed by atoms with Gasteiger partial charge in [0.1, 0.15) is 0 Å². The molecule has 17 heavy (non-hydrogen) atoms. The van der Waals surface area contributed by atoms with Crippen LogP contribution in [-0.4, -0.2) is 6.71 Å². The summed E-state index contributed by atoms with van der Waals surface area (Å²) >= 11 is 0. The lowest BCUT2D eigenvalue weighted by Crippen LogP contribution is -2.17. The van der Waals surface area contributed by atoms with E-state index in [0.29, 0.717) is 12.6 Å². The predicted molar refractivity (Wildman–Crippen MR) is 82.5 cm³/mol. The summed E-state index contributed by atoms with van der Waals surface area (Å²) in [6.45, 7) is 23.8. The van der Waals surface area contributed by atoms with E-state index in [1.54, 1.807) is 0 Å². The summed E-state index contributed by atoms with van der Waals surface area (Å²) < 4.78 is 0. The van der Waals surface area contributed by atoms with Crippen molar-refractivity contribution in [3.8, 4) is 0 Å². The smallest absolute Gasteiger partial charge is 0.108 e. The molecule has 0 N–H and O–H groups in total. The van der Waals surface area contributed by atoms with Gasteiger partial charge in [-0.05, 0) is 37.8 Å². The maximum absolute atomic E-state index is 4.29. The van der Waals surface area contributed by atoms with Gasteiger partial charge in [-0.3, -0.25) is 0 Å². The first kappa shape index (κ1) is 16.0. The van der Waals surface area contributed by atoms with Crippen molar-refractivity contribution in [3.05, 3.63) is 46.9 Å². The van der Waals surface area contributed by atoms with Gasteiger partial charge in [0.05, 0.1) is 0 Å². The van der Waals surface area contributed by atoms with Crippen molar-refractivity contribution in [2.45, 2.75) is 48.4 Å². The number of hydrogen-bond acceptors (Lipinski definition) is 0. The van der Waals surface area contributed by atoms with Crippen molar-refractivity contribution in [1.82, 2.24) is 0 Å². The predicted octanol–water partition coefficient (Wildman–Crippen LogP) is 5.26. The van der Waals surface area contributed by atoms with E-state index in [1.807, 2.05) is 0 Å². The SMILES string of the molecule is C=C(C)B(C)C(=C)C(=C(C)C)/C(=C\C)C(C)C. The fourth-order valence-electron chi connectivity index (χ4n) is 2.08. The molecule has 0 nitrogen and oxygen atoms in total. The van der Waals surface area contributed by atoms with Crippen molar-refractivity contribution in [2.24, 2.45) is 5.92 Å². The molecule has 0 aromatic rings. The maximum Gasteiger partial charge on any atom is 0.200 e. The summed E-state index contributed by atoms with van der Waals surface area (Å²) in [6.07, 6.45) is 2.21. The van der Waals surface area contributed by atoms with Gasteiger partial charge < -0.3 is 0 Å². The van der Waals surface area contributed by atoms with Crippen LogP contribution in [0.25, 0.3) is 0 Å². The molecule has 0 aromatic carbocycles. The van der Waals surface area contributed by atoms with Crippen LogP contribution in [-0.2, 0) is 0 Å². The molecule has 0 heterocycles. The Morgan fingerprint density at radius 2 is 1.59 bits per heavy atom. The van der Waals surface area contributed by atoms with E-state index < -0.39 is 0 Å². The maximum atomic E-state index is 4.29. The van der Waals surface area contributed by atoms with Crippen molar-refractivity contribution in [3.63, 3.8) is 0 Å². The Balaban J connectivity index is 5.52. The molecule has 94 valence electrons. The molecule has 0 rings (SSSR count). The Hall–Kier alpha value is -0.975. The van der Waals surface area contributed by atoms with Crippen molar-refractivity contribution in [2.75, 3.05) is 0 Å². The first-order valence-corrected chi connectivity index (χ1v) is 6.42. The van der Waals surface area contributed by atoms with Crippen molar-refractivity contribution >= 4 is 6.71 Å². The highest BCUT2D eigenvalue weighted by Crippen LogP contribution is 2.30. The molecular formula is C16H27B. The van der Waals surface area contributed by atoms with Crippen LogP contribution in [0.15, 0.2) is 46.9 Å². The highest BCUT2D eigenvalue weighted by Gasteiger charge is 2.20. The third-order valence-electron chi connectivity index (χ3n) is 3.30. The molecule has 0 atom stereocenters. The lowest BCUT2D eigenvalue weighted by Gasteiger charge is -2.23. The van der Waals surface area contributed by atoms with Crippen LogP contribution in [0, 0.1) is 5.92 Å². The molecule has 0 fully saturated rings. The molecule has 0 aliphatic heterocycles. The zero-order valence-electron chi connectivity index (χ0n) is 12.6. The third kappa shape index (κ3) is 4.07. The molecule has 0 unspecified atom stereocenters. The Morgan fingerprint density at radius 1 is 1.12 bits per heavy atom. The number of hydrogen-bond donors (Lipinski definition) is 0. The molecule has 0 bridgehead atoms. The van der Waals surface area contributed by atoms with E-state index in [1.165, 1.54) is 27.7 Å². The topological polar surface area (TPSA) is 0 Å². The standard InChI is InChI=1S/C16H27B/c1-10-15(11(2)3)16(12(4)5)14(8)17(9)13(6)7/h10-11H,6,8H2,1-5,7,9H3/b15-10-. The Morgan fingerprint density at radius 3 is 1.82 bits per heavy atom. The van der Waals surface area contributed by atoms with Gasteiger partial charge >= 0.3 is 0 Å². The van der Waals surface area contributed by atoms with Gasteiger partial charge in [-0.15, -0.1) is 18.6 Å². The van der Waals surface area contributed by atoms with Gasteiger partial charge in [-0.1, -0.05) is 44.7 Å². The highest BCUT2D eigenvalue weighted by molar-refractivity contribution is 6.73. The minimum Gasteiger partial charge on any atom is -0.108 e. The molecular weight excluding hydrogens is 203 g/mol. The fraction of sp³-hybridized carbons (Fsp3) is 0.500. The van der Waals surface area contributed by atoms with Gasteiger partial charge in [-0.25, -0.2) is 0 Å². The Bertz CT molecular complexity index is 363. The monoisotopic (exact) mass is 230 g/mol. The van der Waals surface area contributed by atoms with Crippen LogP contribution in [0.1, 0.15) is 41.5 Å². The van der Waals surface area contributed by atoms with E-state index in [-0.39, 0.29) is 0 Å². The van der Waals surface area contributed by atoms with E-state index in [9.17, 15) is 0 Å². The van der Waals surface area contributed by atoms with E-state index in [4.69, 9.17) is 0 Å². The minimum atomic E-state index is 0.341. The average Bonchev–Trinajstić information content (AvgIpc) is 2.22. The zero-order valence-corrected chi connectivity index (χ0v) is 12.6.